The van der Waals surface area contributed by atoms with Crippen molar-refractivity contribution in [1.29, 1.82) is 0 Å². The largest absolute Gasteiger partial charge is 0.409 e. The summed E-state index contributed by atoms with van der Waals surface area (Å²) in [5.74, 6) is -0.0812. The molecule has 4 N–H and O–H groups in total. The Hall–Kier alpha value is -2.15. The van der Waals surface area contributed by atoms with E-state index >= 15 is 0 Å². The van der Waals surface area contributed by atoms with E-state index in [0.717, 1.165) is 0 Å². The summed E-state index contributed by atoms with van der Waals surface area (Å²) >= 11 is 0. The summed E-state index contributed by atoms with van der Waals surface area (Å²) < 4.78 is 5.36. The van der Waals surface area contributed by atoms with Crippen molar-refractivity contribution in [3.05, 3.63) is 29.6 Å². The molecule has 0 saturated heterocycles. The standard InChI is InChI=1S/C14H22N4O3/c1-4-21-8-12(9(2)3)17-14(19)11-6-5-10(7-16-11)13(15)18-20/h5-7,9,12,20H,4,8H2,1-3H3,(H2,15,18)(H,17,19). The van der Waals surface area contributed by atoms with Crippen molar-refractivity contribution in [3.8, 4) is 0 Å². The molecule has 0 bridgehead atoms. The summed E-state index contributed by atoms with van der Waals surface area (Å²) in [4.78, 5) is 16.1. The molecule has 1 atom stereocenters. The molecule has 0 radical (unpaired) electrons. The van der Waals surface area contributed by atoms with Gasteiger partial charge in [-0.2, -0.15) is 0 Å². The van der Waals surface area contributed by atoms with E-state index in [9.17, 15) is 4.79 Å². The van der Waals surface area contributed by atoms with Crippen LogP contribution in [0, 0.1) is 5.92 Å². The lowest BCUT2D eigenvalue weighted by atomic mass is 10.1. The quantitative estimate of drug-likeness (QED) is 0.300. The van der Waals surface area contributed by atoms with Gasteiger partial charge < -0.3 is 21.0 Å². The Labute approximate surface area is 124 Å². The van der Waals surface area contributed by atoms with E-state index in [4.69, 9.17) is 15.7 Å². The first-order chi connectivity index (χ1) is 9.99. The maximum absolute atomic E-state index is 12.1. The third kappa shape index (κ3) is 5.03. The number of carbonyl (C=O) groups excluding carboxylic acids is 1. The van der Waals surface area contributed by atoms with E-state index in [1.54, 1.807) is 6.07 Å². The van der Waals surface area contributed by atoms with Crippen LogP contribution in [0.5, 0.6) is 0 Å². The highest BCUT2D eigenvalue weighted by molar-refractivity contribution is 5.98. The minimum Gasteiger partial charge on any atom is -0.409 e. The molecule has 0 aliphatic heterocycles. The average Bonchev–Trinajstić information content (AvgIpc) is 2.50. The zero-order valence-electron chi connectivity index (χ0n) is 12.5. The molecular formula is C14H22N4O3. The zero-order valence-corrected chi connectivity index (χ0v) is 12.5. The van der Waals surface area contributed by atoms with E-state index < -0.39 is 0 Å². The molecule has 1 unspecified atom stereocenters. The number of hydrogen-bond donors (Lipinski definition) is 3. The van der Waals surface area contributed by atoms with Crippen molar-refractivity contribution >= 4 is 11.7 Å². The summed E-state index contributed by atoms with van der Waals surface area (Å²) in [5.41, 5.74) is 6.16. The molecule has 1 amide bonds. The number of carbonyl (C=O) groups is 1. The van der Waals surface area contributed by atoms with E-state index in [1.807, 2.05) is 20.8 Å². The number of nitrogens with zero attached hydrogens (tertiary/aromatic N) is 2. The highest BCUT2D eigenvalue weighted by Crippen LogP contribution is 2.05. The van der Waals surface area contributed by atoms with Crippen LogP contribution in [0.25, 0.3) is 0 Å². The van der Waals surface area contributed by atoms with Crippen LogP contribution in [-0.4, -0.2) is 41.2 Å². The lowest BCUT2D eigenvalue weighted by molar-refractivity contribution is 0.0802. The topological polar surface area (TPSA) is 110 Å². The summed E-state index contributed by atoms with van der Waals surface area (Å²) in [7, 11) is 0. The lowest BCUT2D eigenvalue weighted by Gasteiger charge is -2.21. The second-order valence-electron chi connectivity index (χ2n) is 4.90. The van der Waals surface area contributed by atoms with Crippen molar-refractivity contribution in [3.63, 3.8) is 0 Å². The zero-order chi connectivity index (χ0) is 15.8. The molecule has 0 spiro atoms. The molecule has 0 saturated carbocycles. The number of ether oxygens (including phenoxy) is 1. The van der Waals surface area contributed by atoms with Gasteiger partial charge in [-0.15, -0.1) is 0 Å². The van der Waals surface area contributed by atoms with Gasteiger partial charge in [-0.25, -0.2) is 0 Å². The predicted octanol–water partition coefficient (Wildman–Crippen LogP) is 0.967. The second kappa shape index (κ2) is 8.21. The maximum atomic E-state index is 12.1. The van der Waals surface area contributed by atoms with Crippen LogP contribution in [-0.2, 0) is 4.74 Å². The average molecular weight is 294 g/mol. The summed E-state index contributed by atoms with van der Waals surface area (Å²) in [6, 6.07) is 3.02. The highest BCUT2D eigenvalue weighted by Gasteiger charge is 2.18. The number of amides is 1. The second-order valence-corrected chi connectivity index (χ2v) is 4.90. The minimum absolute atomic E-state index is 0.0501. The Morgan fingerprint density at radius 1 is 1.52 bits per heavy atom. The molecule has 116 valence electrons. The molecule has 1 aromatic rings. The fraction of sp³-hybridized carbons (Fsp3) is 0.500. The summed E-state index contributed by atoms with van der Waals surface area (Å²) in [6.45, 7) is 7.00. The number of nitrogens with one attached hydrogen (secondary N) is 1. The molecule has 7 heteroatoms. The van der Waals surface area contributed by atoms with Crippen LogP contribution in [0.4, 0.5) is 0 Å². The van der Waals surface area contributed by atoms with Gasteiger partial charge in [0.1, 0.15) is 5.69 Å². The first-order valence-corrected chi connectivity index (χ1v) is 6.82. The monoisotopic (exact) mass is 294 g/mol. The van der Waals surface area contributed by atoms with E-state index in [-0.39, 0.29) is 29.4 Å². The van der Waals surface area contributed by atoms with Crippen molar-refractivity contribution in [1.82, 2.24) is 10.3 Å². The molecule has 7 nitrogen and oxygen atoms in total. The van der Waals surface area contributed by atoms with Gasteiger partial charge in [0.2, 0.25) is 0 Å². The lowest BCUT2D eigenvalue weighted by Crippen LogP contribution is -2.42. The number of amidine groups is 1. The van der Waals surface area contributed by atoms with Crippen LogP contribution in [0.1, 0.15) is 36.8 Å². The number of oxime groups is 1. The Bertz CT molecular complexity index is 485. The van der Waals surface area contributed by atoms with Crippen molar-refractivity contribution in [2.75, 3.05) is 13.2 Å². The minimum atomic E-state index is -0.278. The molecule has 1 heterocycles. The first kappa shape index (κ1) is 16.9. The molecule has 0 aliphatic rings. The van der Waals surface area contributed by atoms with Crippen LogP contribution < -0.4 is 11.1 Å². The van der Waals surface area contributed by atoms with Gasteiger partial charge in [0.15, 0.2) is 5.84 Å². The molecule has 0 fully saturated rings. The van der Waals surface area contributed by atoms with Gasteiger partial charge in [-0.1, -0.05) is 19.0 Å². The molecular weight excluding hydrogens is 272 g/mol. The van der Waals surface area contributed by atoms with Crippen LogP contribution >= 0.6 is 0 Å². The summed E-state index contributed by atoms with van der Waals surface area (Å²) in [5, 5.41) is 14.3. The van der Waals surface area contributed by atoms with Gasteiger partial charge in [-0.3, -0.25) is 9.78 Å². The smallest absolute Gasteiger partial charge is 0.270 e. The third-order valence-electron chi connectivity index (χ3n) is 3.02. The summed E-state index contributed by atoms with van der Waals surface area (Å²) in [6.07, 6.45) is 1.39. The molecule has 0 aliphatic carbocycles. The Morgan fingerprint density at radius 3 is 2.71 bits per heavy atom. The van der Waals surface area contributed by atoms with Crippen molar-refractivity contribution < 1.29 is 14.7 Å². The van der Waals surface area contributed by atoms with E-state index in [1.165, 1.54) is 12.3 Å². The van der Waals surface area contributed by atoms with Gasteiger partial charge in [0.05, 0.1) is 12.6 Å². The third-order valence-corrected chi connectivity index (χ3v) is 3.02. The number of nitrogens with two attached hydrogens (primary N) is 1. The molecule has 21 heavy (non-hydrogen) atoms. The normalized spacial score (nSPS) is 13.2. The van der Waals surface area contributed by atoms with Crippen molar-refractivity contribution in [2.45, 2.75) is 26.8 Å². The van der Waals surface area contributed by atoms with Crippen LogP contribution in [0.3, 0.4) is 0 Å². The van der Waals surface area contributed by atoms with E-state index in [0.29, 0.717) is 18.8 Å². The first-order valence-electron chi connectivity index (χ1n) is 6.82. The molecule has 1 rings (SSSR count). The molecule has 0 aromatic carbocycles. The van der Waals surface area contributed by atoms with Gasteiger partial charge in [-0.05, 0) is 25.0 Å². The Kier molecular flexibility index (Phi) is 6.61. The van der Waals surface area contributed by atoms with E-state index in [2.05, 4.69) is 15.5 Å². The maximum Gasteiger partial charge on any atom is 0.270 e. The van der Waals surface area contributed by atoms with Crippen molar-refractivity contribution in [2.24, 2.45) is 16.8 Å². The number of aromatic nitrogens is 1. The highest BCUT2D eigenvalue weighted by atomic mass is 16.5. The SMILES string of the molecule is CCOCC(NC(=O)c1ccc(/C(N)=N/O)cn1)C(C)C. The van der Waals surface area contributed by atoms with Gasteiger partial charge in [0, 0.05) is 18.4 Å². The fourth-order valence-electron chi connectivity index (χ4n) is 1.63. The van der Waals surface area contributed by atoms with Crippen LogP contribution in [0.15, 0.2) is 23.5 Å². The van der Waals surface area contributed by atoms with Crippen LogP contribution in [0.2, 0.25) is 0 Å². The van der Waals surface area contributed by atoms with Gasteiger partial charge >= 0.3 is 0 Å². The molecule has 1 aromatic heterocycles. The number of pyridine rings is 1. The number of hydrogen-bond acceptors (Lipinski definition) is 5. The fourth-order valence-corrected chi connectivity index (χ4v) is 1.63. The Morgan fingerprint density at radius 2 is 2.24 bits per heavy atom. The number of rotatable bonds is 7. The van der Waals surface area contributed by atoms with Gasteiger partial charge in [0.25, 0.3) is 5.91 Å². The predicted molar refractivity (Wildman–Crippen MR) is 79.3 cm³/mol. The Balaban J connectivity index is 2.73.